The van der Waals surface area contributed by atoms with Crippen LogP contribution in [0.2, 0.25) is 0 Å². The summed E-state index contributed by atoms with van der Waals surface area (Å²) in [5, 5.41) is 18.0. The second-order valence-corrected chi connectivity index (χ2v) is 7.23. The molecule has 1 aromatic rings. The van der Waals surface area contributed by atoms with Gasteiger partial charge in [0, 0.05) is 11.1 Å². The first-order valence-electron chi connectivity index (χ1n) is 8.67. The zero-order chi connectivity index (χ0) is 24.5. The highest BCUT2D eigenvalue weighted by Gasteiger charge is 2.58. The smallest absolute Gasteiger partial charge is 0.247 e. The lowest BCUT2D eigenvalue weighted by atomic mass is 9.62. The summed E-state index contributed by atoms with van der Waals surface area (Å²) in [5.74, 6) is -7.82. The van der Waals surface area contributed by atoms with Gasteiger partial charge in [0.1, 0.15) is 5.71 Å². The summed E-state index contributed by atoms with van der Waals surface area (Å²) in [6, 6.07) is 1.95. The highest BCUT2D eigenvalue weighted by Crippen LogP contribution is 2.47. The number of nitrogens with one attached hydrogen (secondary N) is 1. The summed E-state index contributed by atoms with van der Waals surface area (Å²) in [5.41, 5.74) is 30.0. The summed E-state index contributed by atoms with van der Waals surface area (Å²) in [6.07, 6.45) is 0. The molecule has 4 amide bonds. The van der Waals surface area contributed by atoms with Gasteiger partial charge in [0.15, 0.2) is 16.8 Å². The monoisotopic (exact) mass is 442 g/mol. The maximum Gasteiger partial charge on any atom is 0.247 e. The number of primary amides is 4. The van der Waals surface area contributed by atoms with Gasteiger partial charge in [-0.05, 0) is 23.3 Å². The van der Waals surface area contributed by atoms with Crippen molar-refractivity contribution in [3.8, 4) is 0 Å². The predicted molar refractivity (Wildman–Crippen MR) is 108 cm³/mol. The third kappa shape index (κ3) is 2.41. The highest BCUT2D eigenvalue weighted by atomic mass is 16.3. The predicted octanol–water partition coefficient (Wildman–Crippen LogP) is -4.62. The molecule has 2 aliphatic rings. The van der Waals surface area contributed by atoms with E-state index >= 15 is 0 Å². The van der Waals surface area contributed by atoms with E-state index in [9.17, 15) is 29.1 Å². The van der Waals surface area contributed by atoms with Crippen LogP contribution in [-0.2, 0) is 35.1 Å². The first-order valence-corrected chi connectivity index (χ1v) is 8.67. The molecule has 14 nitrogen and oxygen atoms in total. The average Bonchev–Trinajstić information content (AvgIpc) is 2.71. The first kappa shape index (κ1) is 22.1. The minimum atomic E-state index is -2.67. The third-order valence-corrected chi connectivity index (χ3v) is 5.57. The summed E-state index contributed by atoms with van der Waals surface area (Å²) < 4.78 is 0. The van der Waals surface area contributed by atoms with E-state index in [1.54, 1.807) is 0 Å². The Morgan fingerprint density at radius 2 is 1.19 bits per heavy atom. The second-order valence-electron chi connectivity index (χ2n) is 7.23. The lowest BCUT2D eigenvalue weighted by Gasteiger charge is -2.43. The molecule has 2 aliphatic carbocycles. The Morgan fingerprint density at radius 1 is 0.812 bits per heavy atom. The van der Waals surface area contributed by atoms with Gasteiger partial charge >= 0.3 is 0 Å². The van der Waals surface area contributed by atoms with E-state index in [4.69, 9.17) is 45.5 Å². The number of rotatable bonds is 4. The maximum absolute atomic E-state index is 12.5. The van der Waals surface area contributed by atoms with Crippen molar-refractivity contribution < 1.29 is 29.1 Å². The normalized spacial score (nSPS) is 24.7. The third-order valence-electron chi connectivity index (χ3n) is 5.57. The standard InChI is InChI=1S/C18H18N8O6/c19-9-3-1-5-6(2-4(3)10(20)12(28)11(9)27)18(26,16(24)32)8(14(22)30)7(13(21)29)17(5,25)15(23)31/h1-2,19,28H,20,25-26H2,(H2,21,29)(H2,22,30)(H2,23,31)(H2,24,32). The van der Waals surface area contributed by atoms with Crippen LogP contribution in [0.4, 0.5) is 0 Å². The molecule has 0 aliphatic heterocycles. The molecule has 0 heterocycles. The molecule has 0 fully saturated rings. The van der Waals surface area contributed by atoms with E-state index in [1.807, 2.05) is 0 Å². The molecule has 3 rings (SSSR count). The average molecular weight is 442 g/mol. The van der Waals surface area contributed by atoms with Crippen molar-refractivity contribution in [1.29, 1.82) is 5.41 Å². The molecule has 32 heavy (non-hydrogen) atoms. The van der Waals surface area contributed by atoms with E-state index in [-0.39, 0.29) is 11.1 Å². The van der Waals surface area contributed by atoms with Crippen molar-refractivity contribution >= 4 is 40.8 Å². The van der Waals surface area contributed by atoms with Gasteiger partial charge in [-0.15, -0.1) is 0 Å². The minimum absolute atomic E-state index is 0.167. The number of benzene rings is 1. The SMILES string of the molecule is N=C1C(=O)C(O)=C(N)c2cc3c(cc21)C(N)(C(N)=O)C(C(N)=O)=C(C(N)=O)C3(N)C(N)=O. The van der Waals surface area contributed by atoms with E-state index in [0.717, 1.165) is 12.1 Å². The fourth-order valence-corrected chi connectivity index (χ4v) is 3.98. The van der Waals surface area contributed by atoms with Crippen molar-refractivity contribution in [2.24, 2.45) is 40.1 Å². The van der Waals surface area contributed by atoms with Gasteiger partial charge in [-0.25, -0.2) is 0 Å². The van der Waals surface area contributed by atoms with Crippen LogP contribution in [0, 0.1) is 5.41 Å². The van der Waals surface area contributed by atoms with Crippen LogP contribution in [0.15, 0.2) is 29.0 Å². The number of hydrogen-bond acceptors (Lipinski definition) is 10. The molecule has 16 N–H and O–H groups in total. The minimum Gasteiger partial charge on any atom is -0.503 e. The van der Waals surface area contributed by atoms with E-state index in [0.29, 0.717) is 0 Å². The van der Waals surface area contributed by atoms with Crippen LogP contribution in [0.1, 0.15) is 22.3 Å². The quantitative estimate of drug-likeness (QED) is 0.216. The Bertz CT molecular complexity index is 1260. The lowest BCUT2D eigenvalue weighted by molar-refractivity contribution is -0.127. The molecule has 2 atom stereocenters. The van der Waals surface area contributed by atoms with Gasteiger partial charge < -0.3 is 45.2 Å². The van der Waals surface area contributed by atoms with Gasteiger partial charge in [-0.2, -0.15) is 0 Å². The molecular weight excluding hydrogens is 424 g/mol. The molecule has 0 radical (unpaired) electrons. The molecule has 1 aromatic carbocycles. The molecule has 166 valence electrons. The number of nitrogens with two attached hydrogens (primary N) is 7. The van der Waals surface area contributed by atoms with Crippen LogP contribution in [0.3, 0.4) is 0 Å². The van der Waals surface area contributed by atoms with E-state index in [2.05, 4.69) is 0 Å². The second kappa shape index (κ2) is 6.47. The Balaban J connectivity index is 2.66. The number of allylic oxidation sites excluding steroid dienone is 1. The zero-order valence-corrected chi connectivity index (χ0v) is 16.2. The van der Waals surface area contributed by atoms with E-state index < -0.39 is 79.9 Å². The van der Waals surface area contributed by atoms with Crippen molar-refractivity contribution in [1.82, 2.24) is 0 Å². The number of hydrogen-bond donors (Lipinski definition) is 9. The molecule has 0 saturated heterocycles. The maximum atomic E-state index is 12.5. The molecule has 0 spiro atoms. The van der Waals surface area contributed by atoms with Gasteiger partial charge in [0.2, 0.25) is 29.4 Å². The fourth-order valence-electron chi connectivity index (χ4n) is 3.98. The number of carbonyl (C=O) groups excluding carboxylic acids is 5. The number of amides is 4. The van der Waals surface area contributed by atoms with Crippen molar-refractivity contribution in [2.45, 2.75) is 11.1 Å². The number of Topliss-reactive ketones (excluding diaryl/α,β-unsaturated/α-hetero) is 1. The van der Waals surface area contributed by atoms with Crippen molar-refractivity contribution in [2.75, 3.05) is 0 Å². The van der Waals surface area contributed by atoms with Crippen LogP contribution < -0.4 is 40.1 Å². The van der Waals surface area contributed by atoms with Gasteiger partial charge in [-0.3, -0.25) is 29.4 Å². The van der Waals surface area contributed by atoms with Crippen molar-refractivity contribution in [3.05, 3.63) is 51.3 Å². The Morgan fingerprint density at radius 3 is 1.53 bits per heavy atom. The number of ketones is 1. The Hall–Kier alpha value is -4.56. The highest BCUT2D eigenvalue weighted by molar-refractivity contribution is 6.52. The van der Waals surface area contributed by atoms with E-state index in [1.165, 1.54) is 0 Å². The molecular formula is C18H18N8O6. The fraction of sp³-hybridized carbons (Fsp3) is 0.111. The number of fused-ring (bicyclic) bond motifs is 2. The van der Waals surface area contributed by atoms with Crippen molar-refractivity contribution in [3.63, 3.8) is 0 Å². The molecule has 2 unspecified atom stereocenters. The number of carbonyl (C=O) groups is 5. The van der Waals surface area contributed by atoms with Crippen LogP contribution in [-0.4, -0.2) is 40.2 Å². The summed E-state index contributed by atoms with van der Waals surface area (Å²) in [7, 11) is 0. The molecule has 0 saturated carbocycles. The summed E-state index contributed by atoms with van der Waals surface area (Å²) in [6.45, 7) is 0. The summed E-state index contributed by atoms with van der Waals surface area (Å²) >= 11 is 0. The number of aliphatic hydroxyl groups excluding tert-OH is 1. The molecule has 14 heteroatoms. The van der Waals surface area contributed by atoms with Crippen LogP contribution in [0.5, 0.6) is 0 Å². The summed E-state index contributed by atoms with van der Waals surface area (Å²) in [4.78, 5) is 61.7. The van der Waals surface area contributed by atoms with Crippen LogP contribution in [0.25, 0.3) is 5.70 Å². The van der Waals surface area contributed by atoms with Gasteiger partial charge in [0.25, 0.3) is 0 Å². The molecule has 0 bridgehead atoms. The van der Waals surface area contributed by atoms with Gasteiger partial charge in [-0.1, -0.05) is 0 Å². The Kier molecular flexibility index (Phi) is 4.47. The topological polar surface area (TPSA) is 312 Å². The first-order chi connectivity index (χ1) is 14.6. The van der Waals surface area contributed by atoms with Crippen LogP contribution >= 0.6 is 0 Å². The lowest BCUT2D eigenvalue weighted by Crippen LogP contribution is -2.64. The number of aliphatic hydroxyl groups is 1. The largest absolute Gasteiger partial charge is 0.503 e. The Labute approximate surface area is 178 Å². The van der Waals surface area contributed by atoms with Gasteiger partial charge in [0.05, 0.1) is 16.8 Å². The zero-order valence-electron chi connectivity index (χ0n) is 16.2. The molecule has 0 aromatic heterocycles.